The highest BCUT2D eigenvalue weighted by atomic mass is 16.5. The van der Waals surface area contributed by atoms with E-state index in [0.29, 0.717) is 12.6 Å². The first-order valence-electron chi connectivity index (χ1n) is 9.33. The monoisotopic (exact) mass is 345 g/mol. The van der Waals surface area contributed by atoms with Crippen LogP contribution in [0, 0.1) is 11.3 Å². The van der Waals surface area contributed by atoms with E-state index in [1.165, 1.54) is 6.42 Å². The maximum Gasteiger partial charge on any atom is 0.161 e. The molecule has 0 amide bonds. The van der Waals surface area contributed by atoms with Crippen molar-refractivity contribution in [2.45, 2.75) is 45.7 Å². The van der Waals surface area contributed by atoms with E-state index in [2.05, 4.69) is 36.6 Å². The van der Waals surface area contributed by atoms with Gasteiger partial charge in [-0.25, -0.2) is 0 Å². The molecule has 0 aliphatic carbocycles. The number of rotatable bonds is 8. The summed E-state index contributed by atoms with van der Waals surface area (Å²) in [5, 5.41) is 9.80. The van der Waals surface area contributed by atoms with Crippen molar-refractivity contribution in [3.63, 3.8) is 0 Å². The Hall–Kier alpha value is -1.77. The largest absolute Gasteiger partial charge is 0.493 e. The topological polar surface area (TPSA) is 48.7 Å². The van der Waals surface area contributed by atoms with Crippen LogP contribution in [0.2, 0.25) is 0 Å². The molecule has 1 aliphatic rings. The third-order valence-electron chi connectivity index (χ3n) is 4.76. The number of methoxy groups -OCH3 is 1. The van der Waals surface area contributed by atoms with Crippen LogP contribution in [0.1, 0.15) is 45.2 Å². The Morgan fingerprint density at radius 2 is 2.04 bits per heavy atom. The second-order valence-electron chi connectivity index (χ2n) is 6.67. The first kappa shape index (κ1) is 19.6. The molecule has 25 heavy (non-hydrogen) atoms. The molecule has 0 aromatic heterocycles. The molecule has 1 aromatic rings. The van der Waals surface area contributed by atoms with Crippen molar-refractivity contribution < 1.29 is 9.47 Å². The summed E-state index contributed by atoms with van der Waals surface area (Å²) in [6.45, 7) is 11.2. The van der Waals surface area contributed by atoms with Crippen molar-refractivity contribution in [1.82, 2.24) is 9.80 Å². The van der Waals surface area contributed by atoms with E-state index in [9.17, 15) is 5.26 Å². The summed E-state index contributed by atoms with van der Waals surface area (Å²) < 4.78 is 11.2. The van der Waals surface area contributed by atoms with Gasteiger partial charge in [0.1, 0.15) is 6.04 Å². The van der Waals surface area contributed by atoms with Gasteiger partial charge in [0.15, 0.2) is 11.5 Å². The Morgan fingerprint density at radius 1 is 1.24 bits per heavy atom. The number of nitrogens with zero attached hydrogens (tertiary/aromatic N) is 3. The fraction of sp³-hybridized carbons (Fsp3) is 0.650. The quantitative estimate of drug-likeness (QED) is 0.722. The molecule has 1 aromatic carbocycles. The van der Waals surface area contributed by atoms with Crippen LogP contribution in [0.5, 0.6) is 11.5 Å². The van der Waals surface area contributed by atoms with Crippen molar-refractivity contribution in [3.05, 3.63) is 23.8 Å². The molecule has 1 saturated heterocycles. The first-order chi connectivity index (χ1) is 12.1. The second kappa shape index (κ2) is 9.65. The van der Waals surface area contributed by atoms with Gasteiger partial charge in [-0.15, -0.1) is 0 Å². The predicted octanol–water partition coefficient (Wildman–Crippen LogP) is 3.46. The predicted molar refractivity (Wildman–Crippen MR) is 100 cm³/mol. The van der Waals surface area contributed by atoms with Crippen LogP contribution in [0.25, 0.3) is 0 Å². The summed E-state index contributed by atoms with van der Waals surface area (Å²) in [5.41, 5.74) is 0.977. The second-order valence-corrected chi connectivity index (χ2v) is 6.67. The Labute approximate surface area is 152 Å². The van der Waals surface area contributed by atoms with Crippen LogP contribution in [-0.4, -0.2) is 55.7 Å². The number of ether oxygens (including phenoxy) is 2. The van der Waals surface area contributed by atoms with E-state index in [1.54, 1.807) is 7.11 Å². The van der Waals surface area contributed by atoms with Gasteiger partial charge in [0.05, 0.1) is 19.8 Å². The summed E-state index contributed by atoms with van der Waals surface area (Å²) in [6.07, 6.45) is 2.11. The average molecular weight is 345 g/mol. The van der Waals surface area contributed by atoms with Gasteiger partial charge < -0.3 is 9.47 Å². The standard InChI is InChI=1S/C20H31N3O2/c1-5-9-22-10-11-23(15-16(22)3)18(14-21)17-7-8-19(24-4)20(13-17)25-12-6-2/h7-8,13,16,18H,5-6,9-12,15H2,1-4H3. The third-order valence-corrected chi connectivity index (χ3v) is 4.76. The minimum Gasteiger partial charge on any atom is -0.493 e. The van der Waals surface area contributed by atoms with Gasteiger partial charge in [0, 0.05) is 25.7 Å². The Kier molecular flexibility index (Phi) is 7.54. The first-order valence-corrected chi connectivity index (χ1v) is 9.33. The van der Waals surface area contributed by atoms with Crippen molar-refractivity contribution in [2.75, 3.05) is 39.9 Å². The molecule has 0 radical (unpaired) electrons. The van der Waals surface area contributed by atoms with Gasteiger partial charge in [-0.2, -0.15) is 5.26 Å². The molecule has 1 heterocycles. The summed E-state index contributed by atoms with van der Waals surface area (Å²) in [6, 6.07) is 8.56. The molecule has 5 nitrogen and oxygen atoms in total. The number of nitriles is 1. The normalized spacial score (nSPS) is 20.0. The summed E-state index contributed by atoms with van der Waals surface area (Å²) in [7, 11) is 1.64. The highest BCUT2D eigenvalue weighted by Gasteiger charge is 2.29. The van der Waals surface area contributed by atoms with Crippen molar-refractivity contribution in [1.29, 1.82) is 5.26 Å². The summed E-state index contributed by atoms with van der Waals surface area (Å²) in [5.74, 6) is 1.44. The van der Waals surface area contributed by atoms with Gasteiger partial charge in [-0.3, -0.25) is 9.80 Å². The average Bonchev–Trinajstić information content (AvgIpc) is 2.63. The minimum atomic E-state index is -0.249. The molecular formula is C20H31N3O2. The molecule has 1 aliphatic heterocycles. The van der Waals surface area contributed by atoms with Gasteiger partial charge in [-0.1, -0.05) is 19.9 Å². The number of hydrogen-bond acceptors (Lipinski definition) is 5. The lowest BCUT2D eigenvalue weighted by Gasteiger charge is -2.41. The van der Waals surface area contributed by atoms with Crippen molar-refractivity contribution in [3.8, 4) is 17.6 Å². The Balaban J connectivity index is 2.16. The number of piperazine rings is 1. The molecule has 2 unspecified atom stereocenters. The fourth-order valence-corrected chi connectivity index (χ4v) is 3.43. The lowest BCUT2D eigenvalue weighted by atomic mass is 10.0. The van der Waals surface area contributed by atoms with Gasteiger partial charge >= 0.3 is 0 Å². The van der Waals surface area contributed by atoms with Crippen molar-refractivity contribution >= 4 is 0 Å². The zero-order valence-corrected chi connectivity index (χ0v) is 16.0. The minimum absolute atomic E-state index is 0.249. The van der Waals surface area contributed by atoms with Crippen LogP contribution >= 0.6 is 0 Å². The molecular weight excluding hydrogens is 314 g/mol. The molecule has 138 valence electrons. The Bertz CT molecular complexity index is 585. The van der Waals surface area contributed by atoms with E-state index < -0.39 is 0 Å². The molecule has 0 N–H and O–H groups in total. The van der Waals surface area contributed by atoms with Gasteiger partial charge in [0.2, 0.25) is 0 Å². The van der Waals surface area contributed by atoms with Crippen LogP contribution in [0.4, 0.5) is 0 Å². The summed E-state index contributed by atoms with van der Waals surface area (Å²) in [4.78, 5) is 4.79. The number of hydrogen-bond donors (Lipinski definition) is 0. The lowest BCUT2D eigenvalue weighted by molar-refractivity contribution is 0.0690. The SMILES string of the molecule is CCCOc1cc(C(C#N)N2CCN(CCC)C(C)C2)ccc1OC. The zero-order valence-electron chi connectivity index (χ0n) is 16.0. The molecule has 5 heteroatoms. The van der Waals surface area contributed by atoms with E-state index in [0.717, 1.165) is 49.7 Å². The zero-order chi connectivity index (χ0) is 18.2. The Morgan fingerprint density at radius 3 is 2.64 bits per heavy atom. The highest BCUT2D eigenvalue weighted by molar-refractivity contribution is 5.45. The van der Waals surface area contributed by atoms with Gasteiger partial charge in [-0.05, 0) is 44.0 Å². The summed E-state index contributed by atoms with van der Waals surface area (Å²) >= 11 is 0. The van der Waals surface area contributed by atoms with Crippen LogP contribution in [0.3, 0.4) is 0 Å². The van der Waals surface area contributed by atoms with E-state index in [-0.39, 0.29) is 6.04 Å². The molecule has 2 atom stereocenters. The van der Waals surface area contributed by atoms with E-state index in [4.69, 9.17) is 9.47 Å². The van der Waals surface area contributed by atoms with Crippen LogP contribution in [-0.2, 0) is 0 Å². The van der Waals surface area contributed by atoms with Crippen LogP contribution < -0.4 is 9.47 Å². The maximum atomic E-state index is 9.80. The third kappa shape index (κ3) is 4.87. The molecule has 0 bridgehead atoms. The molecule has 1 fully saturated rings. The highest BCUT2D eigenvalue weighted by Crippen LogP contribution is 2.33. The van der Waals surface area contributed by atoms with Crippen LogP contribution in [0.15, 0.2) is 18.2 Å². The molecule has 0 spiro atoms. The smallest absolute Gasteiger partial charge is 0.161 e. The van der Waals surface area contributed by atoms with E-state index in [1.807, 2.05) is 18.2 Å². The lowest BCUT2D eigenvalue weighted by Crippen LogP contribution is -2.52. The number of benzene rings is 1. The molecule has 2 rings (SSSR count). The maximum absolute atomic E-state index is 9.80. The van der Waals surface area contributed by atoms with Crippen molar-refractivity contribution in [2.24, 2.45) is 0 Å². The van der Waals surface area contributed by atoms with Gasteiger partial charge in [0.25, 0.3) is 0 Å². The van der Waals surface area contributed by atoms with E-state index >= 15 is 0 Å². The molecule has 0 saturated carbocycles. The fourth-order valence-electron chi connectivity index (χ4n) is 3.43.